The van der Waals surface area contributed by atoms with Crippen molar-refractivity contribution in [2.75, 3.05) is 20.8 Å². The second kappa shape index (κ2) is 5.43. The van der Waals surface area contributed by atoms with E-state index in [-0.39, 0.29) is 11.3 Å². The van der Waals surface area contributed by atoms with Crippen molar-refractivity contribution in [2.24, 2.45) is 10.8 Å². The van der Waals surface area contributed by atoms with E-state index in [0.717, 1.165) is 19.4 Å². The number of rotatable bonds is 3. The van der Waals surface area contributed by atoms with Crippen LogP contribution in [0.15, 0.2) is 18.2 Å². The van der Waals surface area contributed by atoms with Crippen LogP contribution in [0.5, 0.6) is 11.5 Å². The lowest BCUT2D eigenvalue weighted by molar-refractivity contribution is 0.0708. The molecule has 23 heavy (non-hydrogen) atoms. The summed E-state index contributed by atoms with van der Waals surface area (Å²) in [6, 6.07) is 5.78. The summed E-state index contributed by atoms with van der Waals surface area (Å²) >= 11 is 0. The van der Waals surface area contributed by atoms with Crippen LogP contribution in [-0.2, 0) is 0 Å². The van der Waals surface area contributed by atoms with Crippen molar-refractivity contribution in [3.63, 3.8) is 0 Å². The number of hydrogen-bond acceptors (Lipinski definition) is 3. The van der Waals surface area contributed by atoms with Crippen LogP contribution < -0.4 is 9.47 Å². The molecule has 1 aromatic rings. The molecule has 1 aromatic carbocycles. The van der Waals surface area contributed by atoms with Gasteiger partial charge in [0.25, 0.3) is 5.91 Å². The van der Waals surface area contributed by atoms with Crippen molar-refractivity contribution in [1.29, 1.82) is 0 Å². The number of nitrogens with zero attached hydrogens (tertiary/aromatic N) is 1. The summed E-state index contributed by atoms with van der Waals surface area (Å²) in [5, 5.41) is 0. The molecule has 2 aliphatic rings. The molecule has 2 bridgehead atoms. The molecule has 0 N–H and O–H groups in total. The van der Waals surface area contributed by atoms with Gasteiger partial charge < -0.3 is 14.4 Å². The fraction of sp³-hybridized carbons (Fsp3) is 0.632. The monoisotopic (exact) mass is 317 g/mol. The summed E-state index contributed by atoms with van der Waals surface area (Å²) in [5.41, 5.74) is 1.24. The zero-order chi connectivity index (χ0) is 16.8. The quantitative estimate of drug-likeness (QED) is 0.852. The number of ether oxygens (including phenoxy) is 2. The molecule has 126 valence electrons. The fourth-order valence-corrected chi connectivity index (χ4v) is 4.83. The van der Waals surface area contributed by atoms with Crippen molar-refractivity contribution in [2.45, 2.75) is 46.1 Å². The van der Waals surface area contributed by atoms with Gasteiger partial charge in [-0.1, -0.05) is 20.8 Å². The molecule has 2 fully saturated rings. The fourth-order valence-electron chi connectivity index (χ4n) is 4.83. The van der Waals surface area contributed by atoms with Gasteiger partial charge in [-0.25, -0.2) is 0 Å². The van der Waals surface area contributed by atoms with Crippen LogP contribution in [0.2, 0.25) is 0 Å². The van der Waals surface area contributed by atoms with E-state index in [9.17, 15) is 4.79 Å². The van der Waals surface area contributed by atoms with Crippen LogP contribution >= 0.6 is 0 Å². The van der Waals surface area contributed by atoms with E-state index in [1.54, 1.807) is 26.4 Å². The highest BCUT2D eigenvalue weighted by atomic mass is 16.5. The Kier molecular flexibility index (Phi) is 3.81. The van der Waals surface area contributed by atoms with Crippen molar-refractivity contribution in [1.82, 2.24) is 4.90 Å². The molecule has 1 saturated heterocycles. The summed E-state index contributed by atoms with van der Waals surface area (Å²) in [4.78, 5) is 15.1. The van der Waals surface area contributed by atoms with Gasteiger partial charge in [0.05, 0.1) is 14.2 Å². The summed E-state index contributed by atoms with van der Waals surface area (Å²) in [6.07, 6.45) is 3.39. The van der Waals surface area contributed by atoms with Gasteiger partial charge in [-0.2, -0.15) is 0 Å². The number of carbonyl (C=O) groups excluding carboxylic acids is 1. The third kappa shape index (κ3) is 2.91. The zero-order valence-electron chi connectivity index (χ0n) is 14.8. The highest BCUT2D eigenvalue weighted by molar-refractivity contribution is 5.95. The van der Waals surface area contributed by atoms with Crippen LogP contribution in [0, 0.1) is 10.8 Å². The Morgan fingerprint density at radius 1 is 1.13 bits per heavy atom. The summed E-state index contributed by atoms with van der Waals surface area (Å²) in [7, 11) is 3.20. The molecule has 4 heteroatoms. The second-order valence-corrected chi connectivity index (χ2v) is 8.22. The molecule has 1 saturated carbocycles. The highest BCUT2D eigenvalue weighted by Gasteiger charge is 2.51. The summed E-state index contributed by atoms with van der Waals surface area (Å²) in [6.45, 7) is 7.82. The first-order valence-electron chi connectivity index (χ1n) is 8.30. The molecule has 1 aliphatic heterocycles. The minimum Gasteiger partial charge on any atom is -0.493 e. The van der Waals surface area contributed by atoms with E-state index < -0.39 is 0 Å². The van der Waals surface area contributed by atoms with Crippen LogP contribution in [0.4, 0.5) is 0 Å². The van der Waals surface area contributed by atoms with Gasteiger partial charge in [-0.05, 0) is 48.3 Å². The minimum atomic E-state index is 0.109. The topological polar surface area (TPSA) is 38.8 Å². The van der Waals surface area contributed by atoms with Crippen LogP contribution in [0.25, 0.3) is 0 Å². The van der Waals surface area contributed by atoms with Gasteiger partial charge in [0.15, 0.2) is 11.5 Å². The Hall–Kier alpha value is -1.71. The van der Waals surface area contributed by atoms with Gasteiger partial charge in [0.2, 0.25) is 0 Å². The summed E-state index contributed by atoms with van der Waals surface area (Å²) < 4.78 is 10.6. The molecule has 1 aliphatic carbocycles. The van der Waals surface area contributed by atoms with E-state index in [1.165, 1.54) is 6.42 Å². The Labute approximate surface area is 138 Å². The number of methoxy groups -OCH3 is 2. The molecule has 0 aromatic heterocycles. The second-order valence-electron chi connectivity index (χ2n) is 8.22. The van der Waals surface area contributed by atoms with Gasteiger partial charge in [0.1, 0.15) is 0 Å². The SMILES string of the molecule is COc1ccc(C(=O)N2C[C@@]3(C)C[C@H]2CC(C)(C)C3)cc1OC. The summed E-state index contributed by atoms with van der Waals surface area (Å²) in [5.74, 6) is 1.36. The number of amides is 1. The molecule has 0 unspecified atom stereocenters. The number of likely N-dealkylation sites (tertiary alicyclic amines) is 1. The first-order valence-corrected chi connectivity index (χ1v) is 8.30. The molecular weight excluding hydrogens is 290 g/mol. The van der Waals surface area contributed by atoms with Gasteiger partial charge in [0, 0.05) is 18.2 Å². The smallest absolute Gasteiger partial charge is 0.254 e. The number of fused-ring (bicyclic) bond motifs is 2. The Morgan fingerprint density at radius 2 is 1.83 bits per heavy atom. The highest BCUT2D eigenvalue weighted by Crippen LogP contribution is 2.52. The number of benzene rings is 1. The third-order valence-electron chi connectivity index (χ3n) is 5.31. The Bertz CT molecular complexity index is 625. The van der Waals surface area contributed by atoms with Crippen LogP contribution in [-0.4, -0.2) is 37.6 Å². The van der Waals surface area contributed by atoms with E-state index in [4.69, 9.17) is 9.47 Å². The van der Waals surface area contributed by atoms with Crippen molar-refractivity contribution < 1.29 is 14.3 Å². The van der Waals surface area contributed by atoms with E-state index in [0.29, 0.717) is 28.5 Å². The maximum Gasteiger partial charge on any atom is 0.254 e. The molecule has 4 nitrogen and oxygen atoms in total. The van der Waals surface area contributed by atoms with E-state index in [1.807, 2.05) is 6.07 Å². The first kappa shape index (κ1) is 16.2. The van der Waals surface area contributed by atoms with Crippen LogP contribution in [0.1, 0.15) is 50.4 Å². The van der Waals surface area contributed by atoms with Crippen molar-refractivity contribution in [3.05, 3.63) is 23.8 Å². The zero-order valence-corrected chi connectivity index (χ0v) is 14.8. The predicted molar refractivity (Wildman–Crippen MR) is 90.1 cm³/mol. The molecule has 1 amide bonds. The van der Waals surface area contributed by atoms with Gasteiger partial charge >= 0.3 is 0 Å². The Balaban J connectivity index is 1.87. The van der Waals surface area contributed by atoms with E-state index in [2.05, 4.69) is 25.7 Å². The van der Waals surface area contributed by atoms with Gasteiger partial charge in [-0.15, -0.1) is 0 Å². The van der Waals surface area contributed by atoms with Crippen LogP contribution in [0.3, 0.4) is 0 Å². The van der Waals surface area contributed by atoms with Crippen molar-refractivity contribution >= 4 is 5.91 Å². The molecule has 2 atom stereocenters. The predicted octanol–water partition coefficient (Wildman–Crippen LogP) is 3.74. The minimum absolute atomic E-state index is 0.109. The standard InChI is InChI=1S/C19H27NO3/c1-18(2)9-14-10-19(3,11-18)12-20(14)17(21)13-6-7-15(22-4)16(8-13)23-5/h6-8,14H,9-12H2,1-5H3/t14-,19+/m1/s1. The lowest BCUT2D eigenvalue weighted by atomic mass is 9.65. The molecule has 0 radical (unpaired) electrons. The normalized spacial score (nSPS) is 28.6. The number of carbonyl (C=O) groups is 1. The first-order chi connectivity index (χ1) is 10.8. The number of hydrogen-bond donors (Lipinski definition) is 0. The lowest BCUT2D eigenvalue weighted by Gasteiger charge is -2.39. The largest absolute Gasteiger partial charge is 0.493 e. The maximum atomic E-state index is 13.0. The Morgan fingerprint density at radius 3 is 2.48 bits per heavy atom. The molecule has 1 heterocycles. The molecular formula is C19H27NO3. The average Bonchev–Trinajstić information content (AvgIpc) is 2.74. The van der Waals surface area contributed by atoms with Crippen molar-refractivity contribution in [3.8, 4) is 11.5 Å². The average molecular weight is 317 g/mol. The molecule has 0 spiro atoms. The van der Waals surface area contributed by atoms with Gasteiger partial charge in [-0.3, -0.25) is 4.79 Å². The maximum absolute atomic E-state index is 13.0. The third-order valence-corrected chi connectivity index (χ3v) is 5.31. The van der Waals surface area contributed by atoms with E-state index >= 15 is 0 Å². The molecule has 3 rings (SSSR count). The lowest BCUT2D eigenvalue weighted by Crippen LogP contribution is -2.37.